The zero-order valence-electron chi connectivity index (χ0n) is 9.88. The standard InChI is InChI=1S/C14H15ClN2O/c15-13-9-17-7-6-11(13)8-14(18,10-16)12-4-2-1-3-5-12/h1-7,9,18H,8,10,16H2. The maximum Gasteiger partial charge on any atom is 0.106 e. The molecule has 0 aliphatic heterocycles. The Kier molecular flexibility index (Phi) is 3.97. The van der Waals surface area contributed by atoms with Gasteiger partial charge in [0.1, 0.15) is 5.60 Å². The van der Waals surface area contributed by atoms with E-state index in [1.54, 1.807) is 18.5 Å². The van der Waals surface area contributed by atoms with E-state index in [1.165, 1.54) is 0 Å². The highest BCUT2D eigenvalue weighted by atomic mass is 35.5. The zero-order valence-corrected chi connectivity index (χ0v) is 10.6. The second-order valence-electron chi connectivity index (χ2n) is 4.25. The van der Waals surface area contributed by atoms with Gasteiger partial charge in [-0.15, -0.1) is 0 Å². The molecule has 1 aromatic carbocycles. The van der Waals surface area contributed by atoms with Gasteiger partial charge >= 0.3 is 0 Å². The van der Waals surface area contributed by atoms with Crippen molar-refractivity contribution in [1.29, 1.82) is 0 Å². The Morgan fingerprint density at radius 3 is 2.56 bits per heavy atom. The van der Waals surface area contributed by atoms with Gasteiger partial charge in [0.15, 0.2) is 0 Å². The molecule has 2 rings (SSSR count). The van der Waals surface area contributed by atoms with Crippen molar-refractivity contribution in [2.75, 3.05) is 6.54 Å². The molecule has 4 heteroatoms. The predicted molar refractivity (Wildman–Crippen MR) is 72.3 cm³/mol. The van der Waals surface area contributed by atoms with Gasteiger partial charge < -0.3 is 10.8 Å². The zero-order chi connectivity index (χ0) is 13.0. The molecule has 94 valence electrons. The number of hydrogen-bond acceptors (Lipinski definition) is 3. The van der Waals surface area contributed by atoms with Crippen LogP contribution in [0.25, 0.3) is 0 Å². The third-order valence-corrected chi connectivity index (χ3v) is 3.33. The summed E-state index contributed by atoms with van der Waals surface area (Å²) in [5.74, 6) is 0. The van der Waals surface area contributed by atoms with Crippen LogP contribution in [-0.4, -0.2) is 16.6 Å². The summed E-state index contributed by atoms with van der Waals surface area (Å²) >= 11 is 6.06. The smallest absolute Gasteiger partial charge is 0.106 e. The number of aromatic nitrogens is 1. The Hall–Kier alpha value is -1.42. The highest BCUT2D eigenvalue weighted by Crippen LogP contribution is 2.27. The molecule has 1 heterocycles. The number of aliphatic hydroxyl groups is 1. The number of benzene rings is 1. The lowest BCUT2D eigenvalue weighted by atomic mass is 9.87. The topological polar surface area (TPSA) is 59.1 Å². The van der Waals surface area contributed by atoms with Crippen LogP contribution in [0.4, 0.5) is 0 Å². The molecule has 0 spiro atoms. The number of halogens is 1. The molecule has 0 amide bonds. The van der Waals surface area contributed by atoms with E-state index in [-0.39, 0.29) is 6.54 Å². The molecule has 0 aliphatic carbocycles. The quantitative estimate of drug-likeness (QED) is 0.887. The first-order chi connectivity index (χ1) is 8.65. The fourth-order valence-electron chi connectivity index (χ4n) is 1.90. The average molecular weight is 263 g/mol. The Bertz CT molecular complexity index is 518. The molecule has 1 atom stereocenters. The summed E-state index contributed by atoms with van der Waals surface area (Å²) < 4.78 is 0. The van der Waals surface area contributed by atoms with E-state index < -0.39 is 5.60 Å². The Labute approximate surface area is 111 Å². The molecule has 2 aromatic rings. The van der Waals surface area contributed by atoms with Crippen LogP contribution in [0.2, 0.25) is 5.02 Å². The van der Waals surface area contributed by atoms with Crippen molar-refractivity contribution in [1.82, 2.24) is 4.98 Å². The van der Waals surface area contributed by atoms with Crippen molar-refractivity contribution in [3.8, 4) is 0 Å². The first kappa shape index (κ1) is 13.0. The van der Waals surface area contributed by atoms with E-state index in [1.807, 2.05) is 30.3 Å². The van der Waals surface area contributed by atoms with Gasteiger partial charge in [0.2, 0.25) is 0 Å². The van der Waals surface area contributed by atoms with E-state index in [0.29, 0.717) is 11.4 Å². The molecule has 1 aromatic heterocycles. The molecule has 0 saturated carbocycles. The number of nitrogens with zero attached hydrogens (tertiary/aromatic N) is 1. The number of pyridine rings is 1. The normalized spacial score (nSPS) is 14.2. The van der Waals surface area contributed by atoms with Gasteiger partial charge in [-0.25, -0.2) is 0 Å². The van der Waals surface area contributed by atoms with E-state index in [4.69, 9.17) is 17.3 Å². The lowest BCUT2D eigenvalue weighted by Gasteiger charge is -2.27. The summed E-state index contributed by atoms with van der Waals surface area (Å²) in [6, 6.07) is 11.2. The lowest BCUT2D eigenvalue weighted by molar-refractivity contribution is 0.0463. The number of nitrogens with two attached hydrogens (primary N) is 1. The third-order valence-electron chi connectivity index (χ3n) is 2.99. The molecule has 3 nitrogen and oxygen atoms in total. The molecule has 0 radical (unpaired) electrons. The average Bonchev–Trinajstić information content (AvgIpc) is 2.42. The van der Waals surface area contributed by atoms with Crippen LogP contribution in [0.5, 0.6) is 0 Å². The summed E-state index contributed by atoms with van der Waals surface area (Å²) in [6.07, 6.45) is 3.59. The maximum atomic E-state index is 10.7. The minimum atomic E-state index is -1.10. The van der Waals surface area contributed by atoms with Gasteiger partial charge in [-0.3, -0.25) is 4.98 Å². The van der Waals surface area contributed by atoms with Crippen LogP contribution in [0.15, 0.2) is 48.8 Å². The third kappa shape index (κ3) is 2.70. The SMILES string of the molecule is NCC(O)(Cc1ccncc1Cl)c1ccccc1. The summed E-state index contributed by atoms with van der Waals surface area (Å²) in [5, 5.41) is 11.2. The van der Waals surface area contributed by atoms with E-state index in [9.17, 15) is 5.11 Å². The van der Waals surface area contributed by atoms with E-state index in [0.717, 1.165) is 11.1 Å². The molecule has 3 N–H and O–H groups in total. The summed E-state index contributed by atoms with van der Waals surface area (Å²) in [5.41, 5.74) is 6.25. The minimum absolute atomic E-state index is 0.135. The van der Waals surface area contributed by atoms with Gasteiger partial charge in [-0.1, -0.05) is 41.9 Å². The van der Waals surface area contributed by atoms with Crippen molar-refractivity contribution in [2.24, 2.45) is 5.73 Å². The van der Waals surface area contributed by atoms with Crippen molar-refractivity contribution in [3.05, 3.63) is 64.9 Å². The van der Waals surface area contributed by atoms with Gasteiger partial charge in [0.25, 0.3) is 0 Å². The molecule has 0 bridgehead atoms. The molecule has 0 saturated heterocycles. The van der Waals surface area contributed by atoms with Crippen LogP contribution < -0.4 is 5.73 Å². The van der Waals surface area contributed by atoms with Gasteiger partial charge in [0, 0.05) is 25.4 Å². The van der Waals surface area contributed by atoms with Gasteiger partial charge in [0.05, 0.1) is 5.02 Å². The second-order valence-corrected chi connectivity index (χ2v) is 4.65. The van der Waals surface area contributed by atoms with Crippen molar-refractivity contribution in [2.45, 2.75) is 12.0 Å². The van der Waals surface area contributed by atoms with Crippen LogP contribution in [-0.2, 0) is 12.0 Å². The molecule has 0 aliphatic rings. The number of hydrogen-bond donors (Lipinski definition) is 2. The van der Waals surface area contributed by atoms with Crippen LogP contribution in [0.3, 0.4) is 0 Å². The van der Waals surface area contributed by atoms with Crippen LogP contribution >= 0.6 is 11.6 Å². The molecule has 18 heavy (non-hydrogen) atoms. The predicted octanol–water partition coefficient (Wildman–Crippen LogP) is 2.12. The number of rotatable bonds is 4. The summed E-state index contributed by atoms with van der Waals surface area (Å²) in [6.45, 7) is 0.135. The Morgan fingerprint density at radius 2 is 1.94 bits per heavy atom. The second kappa shape index (κ2) is 5.48. The first-order valence-electron chi connectivity index (χ1n) is 5.72. The molecule has 1 unspecified atom stereocenters. The van der Waals surface area contributed by atoms with E-state index >= 15 is 0 Å². The minimum Gasteiger partial charge on any atom is -0.383 e. The fourth-order valence-corrected chi connectivity index (χ4v) is 2.09. The van der Waals surface area contributed by atoms with Crippen LogP contribution in [0.1, 0.15) is 11.1 Å². The lowest BCUT2D eigenvalue weighted by Crippen LogP contribution is -2.37. The van der Waals surface area contributed by atoms with Crippen molar-refractivity contribution >= 4 is 11.6 Å². The molecule has 0 fully saturated rings. The molecular weight excluding hydrogens is 248 g/mol. The first-order valence-corrected chi connectivity index (χ1v) is 6.10. The highest BCUT2D eigenvalue weighted by molar-refractivity contribution is 6.31. The van der Waals surface area contributed by atoms with Gasteiger partial charge in [-0.05, 0) is 17.2 Å². The maximum absolute atomic E-state index is 10.7. The Balaban J connectivity index is 2.32. The summed E-state index contributed by atoms with van der Waals surface area (Å²) in [7, 11) is 0. The van der Waals surface area contributed by atoms with Crippen molar-refractivity contribution in [3.63, 3.8) is 0 Å². The van der Waals surface area contributed by atoms with E-state index in [2.05, 4.69) is 4.98 Å². The van der Waals surface area contributed by atoms with Gasteiger partial charge in [-0.2, -0.15) is 0 Å². The Morgan fingerprint density at radius 1 is 1.22 bits per heavy atom. The molecular formula is C14H15ClN2O. The van der Waals surface area contributed by atoms with Crippen molar-refractivity contribution < 1.29 is 5.11 Å². The largest absolute Gasteiger partial charge is 0.383 e. The monoisotopic (exact) mass is 262 g/mol. The fraction of sp³-hybridized carbons (Fsp3) is 0.214. The highest BCUT2D eigenvalue weighted by Gasteiger charge is 2.28. The van der Waals surface area contributed by atoms with Crippen LogP contribution in [0, 0.1) is 0 Å². The summed E-state index contributed by atoms with van der Waals surface area (Å²) in [4.78, 5) is 3.93.